The lowest BCUT2D eigenvalue weighted by molar-refractivity contribution is -0.209. The molecule has 2 aliphatic carbocycles. The number of amides is 1. The van der Waals surface area contributed by atoms with Gasteiger partial charge in [0.1, 0.15) is 0 Å². The molecule has 2 aliphatic rings. The van der Waals surface area contributed by atoms with E-state index in [0.717, 1.165) is 22.5 Å². The average molecular weight is 462 g/mol. The van der Waals surface area contributed by atoms with Crippen molar-refractivity contribution in [3.8, 4) is 5.69 Å². The second-order valence-corrected chi connectivity index (χ2v) is 9.85. The Kier molecular flexibility index (Phi) is 6.16. The second-order valence-electron chi connectivity index (χ2n) is 9.85. The Balaban J connectivity index is 1.61. The van der Waals surface area contributed by atoms with Crippen LogP contribution in [-0.2, 0) is 11.2 Å². The predicted octanol–water partition coefficient (Wildman–Crippen LogP) is 4.64. The molecule has 0 spiro atoms. The average Bonchev–Trinajstić information content (AvgIpc) is 3.30. The van der Waals surface area contributed by atoms with E-state index in [1.807, 2.05) is 62.0 Å². The van der Waals surface area contributed by atoms with Crippen molar-refractivity contribution >= 4 is 12.0 Å². The molecule has 1 amide bonds. The fraction of sp³-hybridized carbons (Fsp3) is 0.520. The van der Waals surface area contributed by atoms with Crippen molar-refractivity contribution in [2.24, 2.45) is 17.3 Å². The number of alkyl halides is 3. The molecular weight excluding hydrogens is 431 g/mol. The van der Waals surface area contributed by atoms with Gasteiger partial charge in [0, 0.05) is 17.9 Å². The summed E-state index contributed by atoms with van der Waals surface area (Å²) in [4.78, 5) is 14.8. The van der Waals surface area contributed by atoms with Crippen LogP contribution in [0.1, 0.15) is 44.9 Å². The monoisotopic (exact) mass is 461 g/mol. The standard InChI is InChI=1S/C25H30F3N3O2/c1-16(2)14-30(15-22(32)25(26,27)28)23(33)20-10-9-18-11-21-17(12-24(18,20)3)13-29-31(21)19-7-5-4-6-8-19/h4-8,11,13,16,20,22,32H,9-10,12,14-15H2,1-3H3/t20-,22-,24?/m1/s1. The van der Waals surface area contributed by atoms with Crippen LogP contribution in [0.5, 0.6) is 0 Å². The number of benzene rings is 1. The summed E-state index contributed by atoms with van der Waals surface area (Å²) < 4.78 is 41.0. The zero-order chi connectivity index (χ0) is 24.0. The van der Waals surface area contributed by atoms with Crippen LogP contribution in [0.15, 0.2) is 42.1 Å². The number of halogens is 3. The largest absolute Gasteiger partial charge is 0.416 e. The van der Waals surface area contributed by atoms with E-state index in [2.05, 4.69) is 11.2 Å². The first-order valence-corrected chi connectivity index (χ1v) is 11.4. The number of aliphatic hydroxyl groups excluding tert-OH is 1. The zero-order valence-electron chi connectivity index (χ0n) is 19.1. The van der Waals surface area contributed by atoms with E-state index < -0.39 is 30.2 Å². The summed E-state index contributed by atoms with van der Waals surface area (Å²) in [5.41, 5.74) is 3.62. The summed E-state index contributed by atoms with van der Waals surface area (Å²) >= 11 is 0. The highest BCUT2D eigenvalue weighted by Gasteiger charge is 2.50. The molecule has 1 N–H and O–H groups in total. The lowest BCUT2D eigenvalue weighted by Crippen LogP contribution is -2.49. The first kappa shape index (κ1) is 23.5. The van der Waals surface area contributed by atoms with E-state index >= 15 is 0 Å². The third-order valence-electron chi connectivity index (χ3n) is 6.93. The van der Waals surface area contributed by atoms with Crippen molar-refractivity contribution in [2.45, 2.75) is 52.3 Å². The van der Waals surface area contributed by atoms with Gasteiger partial charge in [-0.25, -0.2) is 4.68 Å². The second kappa shape index (κ2) is 8.63. The molecule has 0 aliphatic heterocycles. The molecule has 1 aromatic heterocycles. The summed E-state index contributed by atoms with van der Waals surface area (Å²) in [6.07, 6.45) is -1.49. The highest BCUT2D eigenvalue weighted by Crippen LogP contribution is 2.53. The fourth-order valence-corrected chi connectivity index (χ4v) is 5.24. The maximum atomic E-state index is 13.5. The summed E-state index contributed by atoms with van der Waals surface area (Å²) in [6, 6.07) is 9.81. The molecule has 8 heteroatoms. The van der Waals surface area contributed by atoms with E-state index in [0.29, 0.717) is 19.3 Å². The van der Waals surface area contributed by atoms with Crippen LogP contribution in [0.3, 0.4) is 0 Å². The van der Waals surface area contributed by atoms with Gasteiger partial charge < -0.3 is 10.0 Å². The number of carbonyl (C=O) groups is 1. The van der Waals surface area contributed by atoms with Crippen LogP contribution in [0.25, 0.3) is 11.8 Å². The maximum Gasteiger partial charge on any atom is 0.416 e. The molecule has 178 valence electrons. The van der Waals surface area contributed by atoms with Gasteiger partial charge in [-0.15, -0.1) is 0 Å². The topological polar surface area (TPSA) is 58.4 Å². The van der Waals surface area contributed by atoms with E-state index in [1.54, 1.807) is 0 Å². The van der Waals surface area contributed by atoms with E-state index in [-0.39, 0.29) is 18.4 Å². The first-order valence-electron chi connectivity index (χ1n) is 11.4. The number of aromatic nitrogens is 2. The summed E-state index contributed by atoms with van der Waals surface area (Å²) in [5.74, 6) is -0.756. The number of allylic oxidation sites excluding steroid dienone is 1. The van der Waals surface area contributed by atoms with Crippen LogP contribution >= 0.6 is 0 Å². The molecule has 0 saturated heterocycles. The number of nitrogens with zero attached hydrogens (tertiary/aromatic N) is 3. The maximum absolute atomic E-state index is 13.5. The minimum atomic E-state index is -4.76. The van der Waals surface area contributed by atoms with Gasteiger partial charge in [-0.05, 0) is 49.0 Å². The molecule has 33 heavy (non-hydrogen) atoms. The van der Waals surface area contributed by atoms with Crippen molar-refractivity contribution in [2.75, 3.05) is 13.1 Å². The van der Waals surface area contributed by atoms with Gasteiger partial charge in [-0.2, -0.15) is 18.3 Å². The number of rotatable bonds is 6. The smallest absolute Gasteiger partial charge is 0.382 e. The summed E-state index contributed by atoms with van der Waals surface area (Å²) in [7, 11) is 0. The Bertz CT molecular complexity index is 1040. The van der Waals surface area contributed by atoms with Gasteiger partial charge in [0.05, 0.1) is 24.1 Å². The molecule has 1 heterocycles. The molecule has 1 unspecified atom stereocenters. The number of hydrogen-bond donors (Lipinski definition) is 1. The molecule has 3 atom stereocenters. The Hall–Kier alpha value is -2.61. The van der Waals surface area contributed by atoms with Gasteiger partial charge in [-0.3, -0.25) is 4.79 Å². The Morgan fingerprint density at radius 3 is 2.61 bits per heavy atom. The Morgan fingerprint density at radius 1 is 1.27 bits per heavy atom. The van der Waals surface area contributed by atoms with Crippen LogP contribution in [0, 0.1) is 17.3 Å². The molecule has 1 aromatic carbocycles. The first-order chi connectivity index (χ1) is 15.5. The molecular formula is C25H30F3N3O2. The number of carbonyl (C=O) groups excluding carboxylic acids is 1. The van der Waals surface area contributed by atoms with Gasteiger partial charge in [0.2, 0.25) is 5.91 Å². The fourth-order valence-electron chi connectivity index (χ4n) is 5.24. The molecule has 1 fully saturated rings. The van der Waals surface area contributed by atoms with Gasteiger partial charge in [0.15, 0.2) is 6.10 Å². The van der Waals surface area contributed by atoms with Crippen LogP contribution in [0.4, 0.5) is 13.2 Å². The van der Waals surface area contributed by atoms with Crippen LogP contribution in [-0.4, -0.2) is 51.1 Å². The molecule has 2 aromatic rings. The molecule has 0 bridgehead atoms. The number of hydrogen-bond acceptors (Lipinski definition) is 3. The minimum absolute atomic E-state index is 0.0133. The van der Waals surface area contributed by atoms with Crippen molar-refractivity contribution < 1.29 is 23.1 Å². The van der Waals surface area contributed by atoms with E-state index in [1.165, 1.54) is 4.90 Å². The molecule has 5 nitrogen and oxygen atoms in total. The van der Waals surface area contributed by atoms with Crippen molar-refractivity contribution in [1.29, 1.82) is 0 Å². The number of para-hydroxylation sites is 1. The third kappa shape index (κ3) is 4.45. The van der Waals surface area contributed by atoms with Crippen molar-refractivity contribution in [3.05, 3.63) is 53.4 Å². The van der Waals surface area contributed by atoms with Gasteiger partial charge in [0.25, 0.3) is 0 Å². The number of fused-ring (bicyclic) bond motifs is 2. The molecule has 4 rings (SSSR count). The Labute approximate surface area is 191 Å². The van der Waals surface area contributed by atoms with E-state index in [4.69, 9.17) is 0 Å². The molecule has 0 radical (unpaired) electrons. The number of aliphatic hydroxyl groups is 1. The molecule has 1 saturated carbocycles. The summed E-state index contributed by atoms with van der Waals surface area (Å²) in [6.45, 7) is 5.18. The quantitative estimate of drug-likeness (QED) is 0.682. The lowest BCUT2D eigenvalue weighted by atomic mass is 9.69. The zero-order valence-corrected chi connectivity index (χ0v) is 19.1. The van der Waals surface area contributed by atoms with E-state index in [9.17, 15) is 23.1 Å². The van der Waals surface area contributed by atoms with Gasteiger partial charge in [-0.1, -0.05) is 44.5 Å². The van der Waals surface area contributed by atoms with Crippen LogP contribution in [0.2, 0.25) is 0 Å². The van der Waals surface area contributed by atoms with Crippen LogP contribution < -0.4 is 0 Å². The minimum Gasteiger partial charge on any atom is -0.382 e. The third-order valence-corrected chi connectivity index (χ3v) is 6.93. The predicted molar refractivity (Wildman–Crippen MR) is 120 cm³/mol. The highest BCUT2D eigenvalue weighted by atomic mass is 19.4. The van der Waals surface area contributed by atoms with Gasteiger partial charge >= 0.3 is 6.18 Å². The van der Waals surface area contributed by atoms with Crippen molar-refractivity contribution in [1.82, 2.24) is 14.7 Å². The lowest BCUT2D eigenvalue weighted by Gasteiger charge is -2.38. The SMILES string of the molecule is CC(C)CN(C[C@@H](O)C(F)(F)F)C(=O)[C@H]1CCC2=Cc3c(cnn3-c3ccccc3)CC21C. The normalized spacial score (nSPS) is 23.2. The Morgan fingerprint density at radius 2 is 1.97 bits per heavy atom. The summed E-state index contributed by atoms with van der Waals surface area (Å²) in [5, 5.41) is 14.2. The highest BCUT2D eigenvalue weighted by molar-refractivity contribution is 5.82. The van der Waals surface area contributed by atoms with Crippen molar-refractivity contribution in [3.63, 3.8) is 0 Å².